The van der Waals surface area contributed by atoms with Gasteiger partial charge >= 0.3 is 5.95 Å². The monoisotopic (exact) mass is 197 g/mol. The molecule has 0 aliphatic heterocycles. The van der Waals surface area contributed by atoms with Crippen LogP contribution in [0.4, 0.5) is 5.95 Å². The minimum atomic E-state index is -0.534. The predicted octanol–water partition coefficient (Wildman–Crippen LogP) is 1.16. The standard InChI is InChI=1S/C8H11N3O3/c1-7(12)3-2-5-10-6-4-9-8(10)11(13)14/h4,6H,2-3,5H2,1H3. The molecule has 0 aliphatic rings. The first kappa shape index (κ1) is 10.4. The van der Waals surface area contributed by atoms with Gasteiger partial charge in [-0.15, -0.1) is 0 Å². The number of nitrogens with zero attached hydrogens (tertiary/aromatic N) is 3. The predicted molar refractivity (Wildman–Crippen MR) is 48.8 cm³/mol. The third-order valence-corrected chi connectivity index (χ3v) is 1.78. The molecule has 6 nitrogen and oxygen atoms in total. The molecule has 0 amide bonds. The minimum Gasteiger partial charge on any atom is -0.390 e. The van der Waals surface area contributed by atoms with E-state index in [0.29, 0.717) is 19.4 Å². The van der Waals surface area contributed by atoms with Crippen molar-refractivity contribution >= 4 is 11.7 Å². The Labute approximate surface area is 80.7 Å². The summed E-state index contributed by atoms with van der Waals surface area (Å²) in [7, 11) is 0. The molecule has 1 heterocycles. The van der Waals surface area contributed by atoms with E-state index in [4.69, 9.17) is 0 Å². The second kappa shape index (κ2) is 4.50. The maximum absolute atomic E-state index is 10.6. The second-order valence-corrected chi connectivity index (χ2v) is 2.98. The van der Waals surface area contributed by atoms with Gasteiger partial charge in [-0.2, -0.15) is 0 Å². The van der Waals surface area contributed by atoms with Crippen molar-refractivity contribution in [1.29, 1.82) is 0 Å². The molecule has 0 radical (unpaired) electrons. The molecule has 14 heavy (non-hydrogen) atoms. The third-order valence-electron chi connectivity index (χ3n) is 1.78. The lowest BCUT2D eigenvalue weighted by Gasteiger charge is -1.99. The summed E-state index contributed by atoms with van der Waals surface area (Å²) in [6.07, 6.45) is 3.96. The Morgan fingerprint density at radius 2 is 2.43 bits per heavy atom. The van der Waals surface area contributed by atoms with E-state index in [1.165, 1.54) is 23.9 Å². The SMILES string of the molecule is CC(=O)CCCn1ccnc1[N+](=O)[O-]. The number of imidazole rings is 1. The van der Waals surface area contributed by atoms with E-state index in [0.717, 1.165) is 0 Å². The maximum Gasteiger partial charge on any atom is 0.434 e. The molecule has 0 spiro atoms. The highest BCUT2D eigenvalue weighted by molar-refractivity contribution is 5.75. The van der Waals surface area contributed by atoms with Crippen molar-refractivity contribution in [3.63, 3.8) is 0 Å². The molecule has 1 aromatic heterocycles. The van der Waals surface area contributed by atoms with Crippen LogP contribution in [0, 0.1) is 10.1 Å². The number of aromatic nitrogens is 2. The van der Waals surface area contributed by atoms with Crippen LogP contribution in [0.2, 0.25) is 0 Å². The normalized spacial score (nSPS) is 10.1. The lowest BCUT2D eigenvalue weighted by atomic mass is 10.2. The fourth-order valence-electron chi connectivity index (χ4n) is 1.15. The molecule has 0 aromatic carbocycles. The average molecular weight is 197 g/mol. The number of carbonyl (C=O) groups is 1. The molecule has 0 fully saturated rings. The quantitative estimate of drug-likeness (QED) is 0.524. The maximum atomic E-state index is 10.6. The first-order chi connectivity index (χ1) is 6.61. The molecule has 0 saturated heterocycles. The van der Waals surface area contributed by atoms with E-state index in [-0.39, 0.29) is 11.7 Å². The number of Topliss-reactive ketones (excluding diaryl/α,β-unsaturated/α-hetero) is 1. The number of nitro groups is 1. The lowest BCUT2D eigenvalue weighted by molar-refractivity contribution is -0.396. The van der Waals surface area contributed by atoms with Gasteiger partial charge in [0.05, 0.1) is 6.54 Å². The number of ketones is 1. The van der Waals surface area contributed by atoms with Crippen LogP contribution in [0.5, 0.6) is 0 Å². The van der Waals surface area contributed by atoms with E-state index in [2.05, 4.69) is 4.98 Å². The van der Waals surface area contributed by atoms with Gasteiger partial charge < -0.3 is 14.9 Å². The highest BCUT2D eigenvalue weighted by Crippen LogP contribution is 2.08. The highest BCUT2D eigenvalue weighted by Gasteiger charge is 2.12. The fourth-order valence-corrected chi connectivity index (χ4v) is 1.15. The number of carbonyl (C=O) groups excluding carboxylic acids is 1. The molecule has 0 saturated carbocycles. The Kier molecular flexibility index (Phi) is 3.33. The summed E-state index contributed by atoms with van der Waals surface area (Å²) >= 11 is 0. The largest absolute Gasteiger partial charge is 0.434 e. The molecular formula is C8H11N3O3. The molecule has 76 valence electrons. The summed E-state index contributed by atoms with van der Waals surface area (Å²) in [4.78, 5) is 24.1. The van der Waals surface area contributed by atoms with E-state index < -0.39 is 4.92 Å². The fraction of sp³-hybridized carbons (Fsp3) is 0.500. The number of rotatable bonds is 5. The molecular weight excluding hydrogens is 186 g/mol. The van der Waals surface area contributed by atoms with Crippen molar-refractivity contribution in [2.24, 2.45) is 0 Å². The van der Waals surface area contributed by atoms with Gasteiger partial charge in [0.2, 0.25) is 0 Å². The number of hydrogen-bond donors (Lipinski definition) is 0. The van der Waals surface area contributed by atoms with E-state index in [1.54, 1.807) is 0 Å². The summed E-state index contributed by atoms with van der Waals surface area (Å²) in [5.41, 5.74) is 0. The average Bonchev–Trinajstić information content (AvgIpc) is 2.51. The van der Waals surface area contributed by atoms with Gasteiger partial charge in [0.1, 0.15) is 18.2 Å². The zero-order chi connectivity index (χ0) is 10.6. The smallest absolute Gasteiger partial charge is 0.390 e. The molecule has 0 aliphatic carbocycles. The minimum absolute atomic E-state index is 0.0905. The van der Waals surface area contributed by atoms with Crippen molar-refractivity contribution in [2.45, 2.75) is 26.3 Å². The van der Waals surface area contributed by atoms with E-state index in [9.17, 15) is 14.9 Å². The molecule has 0 bridgehead atoms. The summed E-state index contributed by atoms with van der Waals surface area (Å²) in [5, 5.41) is 10.4. The van der Waals surface area contributed by atoms with Crippen molar-refractivity contribution in [1.82, 2.24) is 9.55 Å². The van der Waals surface area contributed by atoms with Gasteiger partial charge in [-0.3, -0.25) is 0 Å². The third kappa shape index (κ3) is 2.65. The highest BCUT2D eigenvalue weighted by atomic mass is 16.6. The number of aryl methyl sites for hydroxylation is 1. The van der Waals surface area contributed by atoms with Crippen molar-refractivity contribution in [3.8, 4) is 0 Å². The van der Waals surface area contributed by atoms with Gasteiger partial charge in [0, 0.05) is 6.42 Å². The van der Waals surface area contributed by atoms with Crippen LogP contribution in [0.25, 0.3) is 0 Å². The molecule has 1 aromatic rings. The van der Waals surface area contributed by atoms with Gasteiger partial charge in [0.15, 0.2) is 0 Å². The Hall–Kier alpha value is -1.72. The van der Waals surface area contributed by atoms with Crippen molar-refractivity contribution in [3.05, 3.63) is 22.5 Å². The van der Waals surface area contributed by atoms with Gasteiger partial charge in [-0.05, 0) is 18.3 Å². The summed E-state index contributed by atoms with van der Waals surface area (Å²) < 4.78 is 1.43. The van der Waals surface area contributed by atoms with Crippen LogP contribution >= 0.6 is 0 Å². The molecule has 6 heteroatoms. The number of hydrogen-bond acceptors (Lipinski definition) is 4. The Morgan fingerprint density at radius 1 is 1.71 bits per heavy atom. The molecule has 0 N–H and O–H groups in total. The summed E-state index contributed by atoms with van der Waals surface area (Å²) in [5.74, 6) is -0.0821. The summed E-state index contributed by atoms with van der Waals surface area (Å²) in [6, 6.07) is 0. The van der Waals surface area contributed by atoms with Crippen LogP contribution in [0.1, 0.15) is 19.8 Å². The Balaban J connectivity index is 2.54. The second-order valence-electron chi connectivity index (χ2n) is 2.98. The van der Waals surface area contributed by atoms with E-state index in [1.807, 2.05) is 0 Å². The van der Waals surface area contributed by atoms with Crippen LogP contribution < -0.4 is 0 Å². The first-order valence-electron chi connectivity index (χ1n) is 4.26. The first-order valence-corrected chi connectivity index (χ1v) is 4.26. The van der Waals surface area contributed by atoms with Crippen molar-refractivity contribution < 1.29 is 9.72 Å². The zero-order valence-corrected chi connectivity index (χ0v) is 7.84. The zero-order valence-electron chi connectivity index (χ0n) is 7.84. The Morgan fingerprint density at radius 3 is 3.00 bits per heavy atom. The van der Waals surface area contributed by atoms with Gasteiger partial charge in [-0.1, -0.05) is 4.98 Å². The van der Waals surface area contributed by atoms with Crippen LogP contribution in [0.3, 0.4) is 0 Å². The van der Waals surface area contributed by atoms with Crippen LogP contribution in [-0.4, -0.2) is 20.3 Å². The van der Waals surface area contributed by atoms with E-state index >= 15 is 0 Å². The van der Waals surface area contributed by atoms with Crippen LogP contribution in [-0.2, 0) is 11.3 Å². The topological polar surface area (TPSA) is 78.0 Å². The summed E-state index contributed by atoms with van der Waals surface area (Å²) in [6.45, 7) is 1.96. The molecule has 0 atom stereocenters. The lowest BCUT2D eigenvalue weighted by Crippen LogP contribution is -2.04. The molecule has 1 rings (SSSR count). The molecule has 0 unspecified atom stereocenters. The van der Waals surface area contributed by atoms with Crippen LogP contribution in [0.15, 0.2) is 12.4 Å². The van der Waals surface area contributed by atoms with Gasteiger partial charge in [-0.25, -0.2) is 4.57 Å². The van der Waals surface area contributed by atoms with Gasteiger partial charge in [0.25, 0.3) is 0 Å². The van der Waals surface area contributed by atoms with Crippen molar-refractivity contribution in [2.75, 3.05) is 0 Å². The Bertz CT molecular complexity index is 345.